The van der Waals surface area contributed by atoms with Gasteiger partial charge in [-0.3, -0.25) is 14.4 Å². The molecule has 7 heteroatoms. The maximum absolute atomic E-state index is 13.1. The highest BCUT2D eigenvalue weighted by Gasteiger charge is 2.29. The molecule has 1 saturated heterocycles. The van der Waals surface area contributed by atoms with Crippen molar-refractivity contribution in [3.8, 4) is 0 Å². The van der Waals surface area contributed by atoms with Gasteiger partial charge >= 0.3 is 0 Å². The van der Waals surface area contributed by atoms with Gasteiger partial charge in [0.2, 0.25) is 0 Å². The first-order valence-corrected chi connectivity index (χ1v) is 9.40. The molecule has 1 aromatic rings. The topological polar surface area (TPSA) is 62.6 Å². The Morgan fingerprint density at radius 1 is 1.28 bits per heavy atom. The third kappa shape index (κ3) is 4.22. The van der Waals surface area contributed by atoms with E-state index in [9.17, 15) is 4.79 Å². The van der Waals surface area contributed by atoms with E-state index in [1.165, 1.54) is 5.69 Å². The molecule has 3 rings (SSSR count). The molecule has 2 aliphatic rings. The van der Waals surface area contributed by atoms with E-state index in [0.29, 0.717) is 24.8 Å². The Balaban J connectivity index is 1.71. The molecule has 2 aliphatic heterocycles. The van der Waals surface area contributed by atoms with Crippen LogP contribution in [0.2, 0.25) is 0 Å². The molecule has 0 spiro atoms. The van der Waals surface area contributed by atoms with E-state index in [4.69, 9.17) is 4.74 Å². The summed E-state index contributed by atoms with van der Waals surface area (Å²) in [5.74, 6) is 0.747. The van der Waals surface area contributed by atoms with Gasteiger partial charge in [0.1, 0.15) is 0 Å². The molecule has 1 aromatic heterocycles. The minimum Gasteiger partial charge on any atom is -0.383 e. The SMILES string of the molecule is COCCn1nc(C(=O)N2CCN(CC(C)C)CC2)c2c1CCNC2. The Labute approximate surface area is 150 Å². The number of hydrogen-bond acceptors (Lipinski definition) is 5. The fourth-order valence-electron chi connectivity index (χ4n) is 3.75. The lowest BCUT2D eigenvalue weighted by molar-refractivity contribution is 0.0615. The summed E-state index contributed by atoms with van der Waals surface area (Å²) in [6, 6.07) is 0. The van der Waals surface area contributed by atoms with E-state index < -0.39 is 0 Å². The number of aromatic nitrogens is 2. The zero-order valence-corrected chi connectivity index (χ0v) is 15.8. The number of nitrogens with one attached hydrogen (secondary N) is 1. The first kappa shape index (κ1) is 18.4. The van der Waals surface area contributed by atoms with Crippen LogP contribution >= 0.6 is 0 Å². The lowest BCUT2D eigenvalue weighted by atomic mass is 10.1. The average Bonchev–Trinajstić information content (AvgIpc) is 2.98. The monoisotopic (exact) mass is 349 g/mol. The second-order valence-corrected chi connectivity index (χ2v) is 7.40. The van der Waals surface area contributed by atoms with Crippen molar-refractivity contribution in [2.45, 2.75) is 33.4 Å². The summed E-state index contributed by atoms with van der Waals surface area (Å²) in [5.41, 5.74) is 2.91. The van der Waals surface area contributed by atoms with Crippen LogP contribution in [0.25, 0.3) is 0 Å². The van der Waals surface area contributed by atoms with Crippen LogP contribution in [0.4, 0.5) is 0 Å². The fourth-order valence-corrected chi connectivity index (χ4v) is 3.75. The Kier molecular flexibility index (Phi) is 6.09. The van der Waals surface area contributed by atoms with Gasteiger partial charge in [-0.1, -0.05) is 13.8 Å². The Morgan fingerprint density at radius 2 is 2.04 bits per heavy atom. The summed E-state index contributed by atoms with van der Waals surface area (Å²) in [5, 5.41) is 8.04. The molecule has 0 atom stereocenters. The molecule has 3 heterocycles. The number of amides is 1. The smallest absolute Gasteiger partial charge is 0.274 e. The van der Waals surface area contributed by atoms with Crippen molar-refractivity contribution in [3.05, 3.63) is 17.0 Å². The standard InChI is InChI=1S/C18H31N5O2/c1-14(2)13-21-6-8-22(9-7-21)18(24)17-15-12-19-5-4-16(15)23(20-17)10-11-25-3/h14,19H,4-13H2,1-3H3. The molecule has 0 saturated carbocycles. The minimum absolute atomic E-state index is 0.0836. The van der Waals surface area contributed by atoms with E-state index in [2.05, 4.69) is 29.2 Å². The minimum atomic E-state index is 0.0836. The summed E-state index contributed by atoms with van der Waals surface area (Å²) in [4.78, 5) is 17.5. The van der Waals surface area contributed by atoms with Crippen molar-refractivity contribution in [1.82, 2.24) is 24.9 Å². The highest BCUT2D eigenvalue weighted by Crippen LogP contribution is 2.21. The first-order chi connectivity index (χ1) is 12.1. The van der Waals surface area contributed by atoms with Gasteiger partial charge in [-0.25, -0.2) is 0 Å². The average molecular weight is 349 g/mol. The van der Waals surface area contributed by atoms with Crippen LogP contribution in [0.1, 0.15) is 35.6 Å². The second-order valence-electron chi connectivity index (χ2n) is 7.40. The Morgan fingerprint density at radius 3 is 2.72 bits per heavy atom. The highest BCUT2D eigenvalue weighted by atomic mass is 16.5. The van der Waals surface area contributed by atoms with Crippen molar-refractivity contribution >= 4 is 5.91 Å². The Hall–Kier alpha value is -1.44. The number of nitrogens with zero attached hydrogens (tertiary/aromatic N) is 4. The molecular weight excluding hydrogens is 318 g/mol. The number of hydrogen-bond donors (Lipinski definition) is 1. The molecule has 140 valence electrons. The van der Waals surface area contributed by atoms with Crippen molar-refractivity contribution in [2.24, 2.45) is 5.92 Å². The summed E-state index contributed by atoms with van der Waals surface area (Å²) in [6.45, 7) is 12.1. The highest BCUT2D eigenvalue weighted by molar-refractivity contribution is 5.94. The van der Waals surface area contributed by atoms with Gasteiger partial charge in [-0.2, -0.15) is 5.10 Å². The maximum Gasteiger partial charge on any atom is 0.274 e. The van der Waals surface area contributed by atoms with Crippen molar-refractivity contribution in [1.29, 1.82) is 0 Å². The Bertz CT molecular complexity index is 591. The number of methoxy groups -OCH3 is 1. The summed E-state index contributed by atoms with van der Waals surface area (Å²) in [6.07, 6.45) is 0.918. The fraction of sp³-hybridized carbons (Fsp3) is 0.778. The third-order valence-electron chi connectivity index (χ3n) is 5.00. The number of rotatable bonds is 6. The molecule has 25 heavy (non-hydrogen) atoms. The van der Waals surface area contributed by atoms with Crippen LogP contribution in [0.3, 0.4) is 0 Å². The van der Waals surface area contributed by atoms with Crippen LogP contribution in [0.15, 0.2) is 0 Å². The first-order valence-electron chi connectivity index (χ1n) is 9.40. The molecule has 1 fully saturated rings. The van der Waals surface area contributed by atoms with E-state index >= 15 is 0 Å². The molecule has 1 amide bonds. The van der Waals surface area contributed by atoms with E-state index in [-0.39, 0.29) is 5.91 Å². The largest absolute Gasteiger partial charge is 0.383 e. The van der Waals surface area contributed by atoms with E-state index in [1.54, 1.807) is 7.11 Å². The predicted molar refractivity (Wildman–Crippen MR) is 96.7 cm³/mol. The number of piperazine rings is 1. The number of carbonyl (C=O) groups is 1. The van der Waals surface area contributed by atoms with E-state index in [1.807, 2.05) is 9.58 Å². The number of carbonyl (C=O) groups excluding carboxylic acids is 1. The molecule has 0 aromatic carbocycles. The molecule has 0 aliphatic carbocycles. The summed E-state index contributed by atoms with van der Waals surface area (Å²) >= 11 is 0. The normalized spacial score (nSPS) is 18.6. The molecule has 0 radical (unpaired) electrons. The summed E-state index contributed by atoms with van der Waals surface area (Å²) < 4.78 is 7.16. The number of ether oxygens (including phenoxy) is 1. The van der Waals surface area contributed by atoms with Crippen LogP contribution in [-0.4, -0.2) is 78.5 Å². The summed E-state index contributed by atoms with van der Waals surface area (Å²) in [7, 11) is 1.69. The van der Waals surface area contributed by atoms with Gasteiger partial charge in [-0.15, -0.1) is 0 Å². The quantitative estimate of drug-likeness (QED) is 0.814. The third-order valence-corrected chi connectivity index (χ3v) is 5.00. The van der Waals surface area contributed by atoms with Crippen molar-refractivity contribution < 1.29 is 9.53 Å². The van der Waals surface area contributed by atoms with Gasteiger partial charge in [0, 0.05) is 70.6 Å². The predicted octanol–water partition coefficient (Wildman–Crippen LogP) is 0.589. The molecule has 1 N–H and O–H groups in total. The van der Waals surface area contributed by atoms with Crippen LogP contribution < -0.4 is 5.32 Å². The maximum atomic E-state index is 13.1. The zero-order chi connectivity index (χ0) is 17.8. The van der Waals surface area contributed by atoms with Crippen LogP contribution in [0, 0.1) is 5.92 Å². The van der Waals surface area contributed by atoms with Crippen molar-refractivity contribution in [2.75, 3.05) is 53.0 Å². The number of fused-ring (bicyclic) bond motifs is 1. The van der Waals surface area contributed by atoms with Crippen LogP contribution in [0.5, 0.6) is 0 Å². The van der Waals surface area contributed by atoms with Gasteiger partial charge in [0.05, 0.1) is 13.2 Å². The molecule has 0 unspecified atom stereocenters. The van der Waals surface area contributed by atoms with Gasteiger partial charge in [-0.05, 0) is 5.92 Å². The van der Waals surface area contributed by atoms with Crippen LogP contribution in [-0.2, 0) is 24.2 Å². The second kappa shape index (κ2) is 8.29. The lowest BCUT2D eigenvalue weighted by Crippen LogP contribution is -2.49. The molecule has 0 bridgehead atoms. The lowest BCUT2D eigenvalue weighted by Gasteiger charge is -2.35. The van der Waals surface area contributed by atoms with E-state index in [0.717, 1.165) is 57.8 Å². The molecular formula is C18H31N5O2. The van der Waals surface area contributed by atoms with Gasteiger partial charge in [0.15, 0.2) is 5.69 Å². The van der Waals surface area contributed by atoms with Gasteiger partial charge in [0.25, 0.3) is 5.91 Å². The van der Waals surface area contributed by atoms with Crippen molar-refractivity contribution in [3.63, 3.8) is 0 Å². The zero-order valence-electron chi connectivity index (χ0n) is 15.8. The van der Waals surface area contributed by atoms with Gasteiger partial charge < -0.3 is 15.0 Å². The molecule has 7 nitrogen and oxygen atoms in total.